The number of carbonyl (C=O) groups excluding carboxylic acids is 1. The van der Waals surface area contributed by atoms with Crippen LogP contribution in [-0.4, -0.2) is 32.8 Å². The molecule has 4 rings (SSSR count). The maximum Gasteiger partial charge on any atom is 0.254 e. The molecule has 0 N–H and O–H groups in total. The molecule has 0 fully saturated rings. The highest BCUT2D eigenvalue weighted by molar-refractivity contribution is 7.18. The molecule has 2 aromatic heterocycles. The van der Waals surface area contributed by atoms with Gasteiger partial charge >= 0.3 is 0 Å². The third-order valence-corrected chi connectivity index (χ3v) is 5.81. The number of aromatic nitrogens is 3. The van der Waals surface area contributed by atoms with E-state index in [4.69, 9.17) is 9.97 Å². The van der Waals surface area contributed by atoms with Crippen LogP contribution < -0.4 is 0 Å². The van der Waals surface area contributed by atoms with E-state index in [9.17, 15) is 4.79 Å². The van der Waals surface area contributed by atoms with Gasteiger partial charge in [0.2, 0.25) is 0 Å². The van der Waals surface area contributed by atoms with Crippen molar-refractivity contribution in [3.05, 3.63) is 64.4 Å². The quantitative estimate of drug-likeness (QED) is 0.498. The van der Waals surface area contributed by atoms with Crippen LogP contribution in [-0.2, 0) is 19.4 Å². The number of carbonyl (C=O) groups is 1. The zero-order valence-corrected chi connectivity index (χ0v) is 17.1. The van der Waals surface area contributed by atoms with Gasteiger partial charge in [-0.1, -0.05) is 26.0 Å². The van der Waals surface area contributed by atoms with Crippen LogP contribution in [0.4, 0.5) is 0 Å². The predicted octanol–water partition coefficient (Wildman–Crippen LogP) is 4.64. The summed E-state index contributed by atoms with van der Waals surface area (Å²) in [5.41, 5.74) is 5.23. The zero-order chi connectivity index (χ0) is 19.7. The summed E-state index contributed by atoms with van der Waals surface area (Å²) in [6.07, 6.45) is 1.69. The second-order valence-electron chi connectivity index (χ2n) is 6.76. The van der Waals surface area contributed by atoms with E-state index in [1.165, 1.54) is 0 Å². The zero-order valence-electron chi connectivity index (χ0n) is 16.3. The van der Waals surface area contributed by atoms with E-state index in [0.29, 0.717) is 12.1 Å². The van der Waals surface area contributed by atoms with Gasteiger partial charge in [0.1, 0.15) is 5.01 Å². The Morgan fingerprint density at radius 1 is 0.929 bits per heavy atom. The number of thiazole rings is 1. The van der Waals surface area contributed by atoms with Gasteiger partial charge in [-0.3, -0.25) is 4.79 Å². The minimum Gasteiger partial charge on any atom is -0.335 e. The van der Waals surface area contributed by atoms with Crippen molar-refractivity contribution >= 4 is 38.5 Å². The van der Waals surface area contributed by atoms with Crippen LogP contribution >= 0.6 is 11.3 Å². The average Bonchev–Trinajstić information content (AvgIpc) is 3.13. The van der Waals surface area contributed by atoms with E-state index in [2.05, 4.69) is 24.9 Å². The number of nitrogens with zero attached hydrogens (tertiary/aromatic N) is 4. The van der Waals surface area contributed by atoms with E-state index in [-0.39, 0.29) is 5.91 Å². The molecule has 0 saturated carbocycles. The SMILES string of the molecule is CCc1nc2ccc(C(=O)N(C)Cc3nc4ccccc4s3)cc2nc1CC. The first kappa shape index (κ1) is 18.5. The third kappa shape index (κ3) is 3.47. The molecule has 0 radical (unpaired) electrons. The summed E-state index contributed by atoms with van der Waals surface area (Å²) in [5.74, 6) is -0.0411. The lowest BCUT2D eigenvalue weighted by molar-refractivity contribution is 0.0785. The summed E-state index contributed by atoms with van der Waals surface area (Å²) >= 11 is 1.62. The lowest BCUT2D eigenvalue weighted by Crippen LogP contribution is -2.26. The second kappa shape index (κ2) is 7.64. The van der Waals surface area contributed by atoms with Crippen LogP contribution in [0.2, 0.25) is 0 Å². The van der Waals surface area contributed by atoms with E-state index in [1.54, 1.807) is 16.2 Å². The number of hydrogen-bond donors (Lipinski definition) is 0. The first-order valence-corrected chi connectivity index (χ1v) is 10.3. The van der Waals surface area contributed by atoms with E-state index in [0.717, 1.165) is 50.5 Å². The summed E-state index contributed by atoms with van der Waals surface area (Å²) in [5, 5.41) is 0.929. The largest absolute Gasteiger partial charge is 0.335 e. The predicted molar refractivity (Wildman–Crippen MR) is 114 cm³/mol. The van der Waals surface area contributed by atoms with Crippen molar-refractivity contribution in [1.82, 2.24) is 19.9 Å². The molecule has 142 valence electrons. The summed E-state index contributed by atoms with van der Waals surface area (Å²) in [7, 11) is 1.81. The first-order chi connectivity index (χ1) is 13.6. The smallest absolute Gasteiger partial charge is 0.254 e. The molecule has 0 aliphatic heterocycles. The summed E-state index contributed by atoms with van der Waals surface area (Å²) in [4.78, 5) is 28.7. The standard InChI is InChI=1S/C22H22N4OS/c1-4-15-16(5-2)24-19-12-14(10-11-17(19)23-15)22(27)26(3)13-21-25-18-8-6-7-9-20(18)28-21/h6-12H,4-5,13H2,1-3H3. The number of aryl methyl sites for hydroxylation is 2. The van der Waals surface area contributed by atoms with Crippen molar-refractivity contribution in [3.63, 3.8) is 0 Å². The van der Waals surface area contributed by atoms with Gasteiger partial charge < -0.3 is 4.90 Å². The first-order valence-electron chi connectivity index (χ1n) is 9.48. The van der Waals surface area contributed by atoms with Crippen molar-refractivity contribution in [2.75, 3.05) is 7.05 Å². The highest BCUT2D eigenvalue weighted by Crippen LogP contribution is 2.23. The molecule has 0 saturated heterocycles. The number of amides is 1. The molecule has 2 aromatic carbocycles. The molecular weight excluding hydrogens is 368 g/mol. The van der Waals surface area contributed by atoms with Gasteiger partial charge in [0.25, 0.3) is 5.91 Å². The van der Waals surface area contributed by atoms with Gasteiger partial charge in [0.05, 0.1) is 39.2 Å². The Balaban J connectivity index is 1.60. The molecule has 6 heteroatoms. The van der Waals surface area contributed by atoms with Gasteiger partial charge in [-0.25, -0.2) is 15.0 Å². The Morgan fingerprint density at radius 3 is 2.36 bits per heavy atom. The molecule has 2 heterocycles. The number of benzene rings is 2. The summed E-state index contributed by atoms with van der Waals surface area (Å²) in [6, 6.07) is 13.6. The average molecular weight is 391 g/mol. The maximum absolute atomic E-state index is 12.9. The number of hydrogen-bond acceptors (Lipinski definition) is 5. The van der Waals surface area contributed by atoms with Crippen molar-refractivity contribution in [2.24, 2.45) is 0 Å². The molecular formula is C22H22N4OS. The van der Waals surface area contributed by atoms with Crippen LogP contribution in [0.1, 0.15) is 40.6 Å². The molecule has 0 atom stereocenters. The Bertz CT molecular complexity index is 1130. The van der Waals surface area contributed by atoms with Crippen LogP contribution in [0, 0.1) is 0 Å². The Morgan fingerprint density at radius 2 is 1.64 bits per heavy atom. The van der Waals surface area contributed by atoms with Crippen LogP contribution in [0.15, 0.2) is 42.5 Å². The molecule has 0 spiro atoms. The number of fused-ring (bicyclic) bond motifs is 2. The van der Waals surface area contributed by atoms with E-state index < -0.39 is 0 Å². The van der Waals surface area contributed by atoms with Gasteiger partial charge in [-0.05, 0) is 43.2 Å². The van der Waals surface area contributed by atoms with Crippen LogP contribution in [0.25, 0.3) is 21.3 Å². The van der Waals surface area contributed by atoms with Crippen LogP contribution in [0.5, 0.6) is 0 Å². The van der Waals surface area contributed by atoms with Crippen molar-refractivity contribution in [3.8, 4) is 0 Å². The van der Waals surface area contributed by atoms with Crippen molar-refractivity contribution < 1.29 is 4.79 Å². The summed E-state index contributed by atoms with van der Waals surface area (Å²) in [6.45, 7) is 4.65. The lowest BCUT2D eigenvalue weighted by Gasteiger charge is -2.16. The minimum absolute atomic E-state index is 0.0411. The Hall–Kier alpha value is -2.86. The molecule has 1 amide bonds. The maximum atomic E-state index is 12.9. The highest BCUT2D eigenvalue weighted by atomic mass is 32.1. The fraction of sp³-hybridized carbons (Fsp3) is 0.273. The number of rotatable bonds is 5. The summed E-state index contributed by atoms with van der Waals surface area (Å²) < 4.78 is 1.14. The van der Waals surface area contributed by atoms with Crippen molar-refractivity contribution in [2.45, 2.75) is 33.2 Å². The third-order valence-electron chi connectivity index (χ3n) is 4.79. The van der Waals surface area contributed by atoms with Gasteiger partial charge in [-0.15, -0.1) is 11.3 Å². The van der Waals surface area contributed by atoms with E-state index >= 15 is 0 Å². The molecule has 5 nitrogen and oxygen atoms in total. The fourth-order valence-electron chi connectivity index (χ4n) is 3.31. The van der Waals surface area contributed by atoms with Crippen molar-refractivity contribution in [1.29, 1.82) is 0 Å². The minimum atomic E-state index is -0.0411. The van der Waals surface area contributed by atoms with Gasteiger partial charge in [-0.2, -0.15) is 0 Å². The van der Waals surface area contributed by atoms with Crippen LogP contribution in [0.3, 0.4) is 0 Å². The Labute approximate surface area is 168 Å². The Kier molecular flexibility index (Phi) is 5.05. The molecule has 28 heavy (non-hydrogen) atoms. The molecule has 4 aromatic rings. The molecule has 0 bridgehead atoms. The number of para-hydroxylation sites is 1. The monoisotopic (exact) mass is 390 g/mol. The normalized spacial score (nSPS) is 11.2. The topological polar surface area (TPSA) is 59.0 Å². The highest BCUT2D eigenvalue weighted by Gasteiger charge is 2.16. The lowest BCUT2D eigenvalue weighted by atomic mass is 10.1. The van der Waals surface area contributed by atoms with Gasteiger partial charge in [0.15, 0.2) is 0 Å². The molecule has 0 unspecified atom stereocenters. The second-order valence-corrected chi connectivity index (χ2v) is 7.88. The van der Waals surface area contributed by atoms with Gasteiger partial charge in [0, 0.05) is 12.6 Å². The molecule has 0 aliphatic rings. The fourth-order valence-corrected chi connectivity index (χ4v) is 4.33. The van der Waals surface area contributed by atoms with E-state index in [1.807, 2.05) is 43.4 Å². The molecule has 0 aliphatic carbocycles.